The van der Waals surface area contributed by atoms with E-state index < -0.39 is 9.84 Å². The molecule has 0 aromatic heterocycles. The molecule has 4 atom stereocenters. The molecule has 2 fully saturated rings. The van der Waals surface area contributed by atoms with Crippen molar-refractivity contribution >= 4 is 51.6 Å². The minimum Gasteiger partial charge on any atom is -0.355 e. The Labute approximate surface area is 170 Å². The summed E-state index contributed by atoms with van der Waals surface area (Å²) in [5.74, 6) is 0.428. The van der Waals surface area contributed by atoms with Crippen molar-refractivity contribution in [1.29, 1.82) is 0 Å². The van der Waals surface area contributed by atoms with Crippen LogP contribution >= 0.6 is 24.0 Å². The van der Waals surface area contributed by atoms with E-state index in [9.17, 15) is 18.0 Å². The Kier molecular flexibility index (Phi) is 6.70. The van der Waals surface area contributed by atoms with Gasteiger partial charge in [-0.25, -0.2) is 8.42 Å². The number of carbonyl (C=O) groups is 2. The number of hydrogen-bond acceptors (Lipinski definition) is 5. The zero-order valence-electron chi connectivity index (χ0n) is 14.8. The number of guanidine groups is 1. The predicted octanol–water partition coefficient (Wildman–Crippen LogP) is -0.379. The molecule has 26 heavy (non-hydrogen) atoms. The summed E-state index contributed by atoms with van der Waals surface area (Å²) in [7, 11) is -1.46. The fourth-order valence-corrected chi connectivity index (χ4v) is 4.52. The normalized spacial score (nSPS) is 29.8. The van der Waals surface area contributed by atoms with Gasteiger partial charge >= 0.3 is 0 Å². The van der Waals surface area contributed by atoms with Crippen LogP contribution in [0.4, 0.5) is 0 Å². The molecule has 0 radical (unpaired) electrons. The Balaban J connectivity index is 0.00000243. The van der Waals surface area contributed by atoms with Crippen molar-refractivity contribution in [3.63, 3.8) is 0 Å². The van der Waals surface area contributed by atoms with Crippen LogP contribution in [0.15, 0.2) is 17.1 Å². The zero-order valence-corrected chi connectivity index (χ0v) is 18.0. The van der Waals surface area contributed by atoms with Crippen LogP contribution in [0, 0.1) is 23.7 Å². The first-order chi connectivity index (χ1) is 11.8. The smallest absolute Gasteiger partial charge is 0.233 e. The lowest BCUT2D eigenvalue weighted by atomic mass is 9.85. The minimum absolute atomic E-state index is 0. The Hall–Kier alpha value is -1.17. The first kappa shape index (κ1) is 21.1. The van der Waals surface area contributed by atoms with Crippen LogP contribution in [0.25, 0.3) is 0 Å². The summed E-state index contributed by atoms with van der Waals surface area (Å²) in [6.45, 7) is 0.911. The fraction of sp³-hybridized carbons (Fsp3) is 0.688. The van der Waals surface area contributed by atoms with Gasteiger partial charge in [-0.15, -0.1) is 24.0 Å². The molecule has 146 valence electrons. The number of rotatable bonds is 6. The summed E-state index contributed by atoms with van der Waals surface area (Å²) >= 11 is 0. The quantitative estimate of drug-likeness (QED) is 0.171. The monoisotopic (exact) mass is 496 g/mol. The van der Waals surface area contributed by atoms with E-state index in [-0.39, 0.29) is 78.3 Å². The van der Waals surface area contributed by atoms with Crippen molar-refractivity contribution in [2.24, 2.45) is 28.7 Å². The number of amides is 2. The molecule has 1 aliphatic heterocycles. The van der Waals surface area contributed by atoms with E-state index in [4.69, 9.17) is 0 Å². The fourth-order valence-electron chi connectivity index (χ4n) is 4.05. The number of allylic oxidation sites excluding steroid dienone is 2. The molecule has 0 aromatic rings. The van der Waals surface area contributed by atoms with Crippen LogP contribution in [0.2, 0.25) is 0 Å². The van der Waals surface area contributed by atoms with E-state index in [1.54, 1.807) is 7.05 Å². The van der Waals surface area contributed by atoms with Gasteiger partial charge < -0.3 is 10.6 Å². The summed E-state index contributed by atoms with van der Waals surface area (Å²) in [5, 5.41) is 5.91. The van der Waals surface area contributed by atoms with Crippen LogP contribution in [0.1, 0.15) is 6.42 Å². The van der Waals surface area contributed by atoms with Crippen molar-refractivity contribution in [2.45, 2.75) is 6.42 Å². The lowest BCUT2D eigenvalue weighted by Crippen LogP contribution is -2.44. The van der Waals surface area contributed by atoms with Gasteiger partial charge in [0.15, 0.2) is 5.96 Å². The van der Waals surface area contributed by atoms with Crippen LogP contribution in [-0.2, 0) is 19.4 Å². The van der Waals surface area contributed by atoms with E-state index in [1.165, 1.54) is 11.2 Å². The predicted molar refractivity (Wildman–Crippen MR) is 109 cm³/mol. The van der Waals surface area contributed by atoms with Gasteiger partial charge in [-0.1, -0.05) is 12.2 Å². The summed E-state index contributed by atoms with van der Waals surface area (Å²) in [6, 6.07) is 0. The van der Waals surface area contributed by atoms with Crippen molar-refractivity contribution in [3.05, 3.63) is 12.2 Å². The maximum atomic E-state index is 12.5. The Morgan fingerprint density at radius 1 is 1.15 bits per heavy atom. The average molecular weight is 496 g/mol. The van der Waals surface area contributed by atoms with Gasteiger partial charge in [0, 0.05) is 32.9 Å². The topological polar surface area (TPSA) is 108 Å². The molecule has 8 nitrogen and oxygen atoms in total. The van der Waals surface area contributed by atoms with Crippen LogP contribution in [0.3, 0.4) is 0 Å². The van der Waals surface area contributed by atoms with E-state index in [0.29, 0.717) is 12.5 Å². The molecule has 0 aromatic carbocycles. The van der Waals surface area contributed by atoms with E-state index in [1.807, 2.05) is 0 Å². The molecule has 10 heteroatoms. The number of likely N-dealkylation sites (tertiary alicyclic amines) is 1. The van der Waals surface area contributed by atoms with Crippen molar-refractivity contribution in [3.8, 4) is 0 Å². The number of sulfone groups is 1. The molecule has 3 rings (SSSR count). The number of halogens is 1. The van der Waals surface area contributed by atoms with Crippen LogP contribution in [0.5, 0.6) is 0 Å². The third-order valence-electron chi connectivity index (χ3n) is 5.18. The highest BCUT2D eigenvalue weighted by Crippen LogP contribution is 2.52. The summed E-state index contributed by atoms with van der Waals surface area (Å²) in [6.07, 6.45) is 6.25. The molecular formula is C16H25IN4O4S. The maximum Gasteiger partial charge on any atom is 0.233 e. The standard InChI is InChI=1S/C16H24N4O4S.HI/c1-17-16(19-6-8-25(2,23)24)18-5-7-20-14(21)12-10-3-4-11(9-10)13(12)15(20)22;/h3-4,10-13H,5-9H2,1-2H3,(H2,17,18,19);1H. The highest BCUT2D eigenvalue weighted by atomic mass is 127. The molecule has 2 N–H and O–H groups in total. The first-order valence-corrected chi connectivity index (χ1v) is 10.5. The van der Waals surface area contributed by atoms with Crippen molar-refractivity contribution < 1.29 is 18.0 Å². The lowest BCUT2D eigenvalue weighted by Gasteiger charge is -2.18. The summed E-state index contributed by atoms with van der Waals surface area (Å²) in [5.41, 5.74) is 0. The van der Waals surface area contributed by atoms with Crippen LogP contribution < -0.4 is 10.6 Å². The number of imide groups is 1. The Bertz CT molecular complexity index is 707. The second kappa shape index (κ2) is 8.24. The van der Waals surface area contributed by atoms with Gasteiger partial charge in [0.1, 0.15) is 9.84 Å². The first-order valence-electron chi connectivity index (χ1n) is 8.47. The van der Waals surface area contributed by atoms with Gasteiger partial charge in [0.05, 0.1) is 17.6 Å². The largest absolute Gasteiger partial charge is 0.355 e. The van der Waals surface area contributed by atoms with Gasteiger partial charge in [0.2, 0.25) is 11.8 Å². The number of fused-ring (bicyclic) bond motifs is 5. The average Bonchev–Trinajstić information content (AvgIpc) is 3.21. The molecule has 1 saturated heterocycles. The minimum atomic E-state index is -3.04. The summed E-state index contributed by atoms with van der Waals surface area (Å²) in [4.78, 5) is 30.5. The lowest BCUT2D eigenvalue weighted by molar-refractivity contribution is -0.140. The molecule has 3 aliphatic rings. The molecule has 0 spiro atoms. The second-order valence-electron chi connectivity index (χ2n) is 6.88. The van der Waals surface area contributed by atoms with Gasteiger partial charge in [0.25, 0.3) is 0 Å². The molecule has 2 amide bonds. The Morgan fingerprint density at radius 2 is 1.69 bits per heavy atom. The molecule has 2 aliphatic carbocycles. The number of aliphatic imine (C=N–C) groups is 1. The SMILES string of the molecule is CN=C(NCCN1C(=O)C2C3C=CC(C3)C2C1=O)NCCS(C)(=O)=O.I. The summed E-state index contributed by atoms with van der Waals surface area (Å²) < 4.78 is 22.3. The highest BCUT2D eigenvalue weighted by molar-refractivity contribution is 14.0. The maximum absolute atomic E-state index is 12.5. The molecule has 2 bridgehead atoms. The zero-order chi connectivity index (χ0) is 18.2. The van der Waals surface area contributed by atoms with Crippen molar-refractivity contribution in [2.75, 3.05) is 38.7 Å². The highest BCUT2D eigenvalue weighted by Gasteiger charge is 2.58. The van der Waals surface area contributed by atoms with Gasteiger partial charge in [-0.2, -0.15) is 0 Å². The molecule has 4 unspecified atom stereocenters. The number of carbonyl (C=O) groups excluding carboxylic acids is 2. The van der Waals surface area contributed by atoms with Crippen molar-refractivity contribution in [1.82, 2.24) is 15.5 Å². The van der Waals surface area contributed by atoms with Crippen LogP contribution in [-0.4, -0.2) is 69.8 Å². The number of hydrogen-bond donors (Lipinski definition) is 2. The molecule has 1 heterocycles. The Morgan fingerprint density at radius 3 is 2.19 bits per heavy atom. The van der Waals surface area contributed by atoms with E-state index in [0.717, 1.165) is 6.42 Å². The third kappa shape index (κ3) is 4.21. The van der Waals surface area contributed by atoms with Gasteiger partial charge in [-0.05, 0) is 18.3 Å². The van der Waals surface area contributed by atoms with E-state index >= 15 is 0 Å². The third-order valence-corrected chi connectivity index (χ3v) is 6.12. The number of nitrogens with zero attached hydrogens (tertiary/aromatic N) is 2. The molecular weight excluding hydrogens is 471 g/mol. The van der Waals surface area contributed by atoms with Gasteiger partial charge in [-0.3, -0.25) is 19.5 Å². The van der Waals surface area contributed by atoms with E-state index in [2.05, 4.69) is 27.8 Å². The second-order valence-corrected chi connectivity index (χ2v) is 9.14. The number of nitrogens with one attached hydrogen (secondary N) is 2. The molecule has 1 saturated carbocycles.